The van der Waals surface area contributed by atoms with Crippen LogP contribution in [0.5, 0.6) is 0 Å². The van der Waals surface area contributed by atoms with Crippen molar-refractivity contribution in [1.29, 1.82) is 0 Å². The second-order valence-electron chi connectivity index (χ2n) is 6.12. The van der Waals surface area contributed by atoms with Gasteiger partial charge in [0.05, 0.1) is 11.4 Å². The van der Waals surface area contributed by atoms with E-state index in [1.807, 2.05) is 19.1 Å². The van der Waals surface area contributed by atoms with E-state index in [0.29, 0.717) is 23.8 Å². The van der Waals surface area contributed by atoms with Gasteiger partial charge in [-0.05, 0) is 50.3 Å². The van der Waals surface area contributed by atoms with E-state index in [0.717, 1.165) is 11.6 Å². The molecule has 2 rings (SSSR count). The fourth-order valence-corrected chi connectivity index (χ4v) is 2.94. The highest BCUT2D eigenvalue weighted by Crippen LogP contribution is 2.27. The van der Waals surface area contributed by atoms with Crippen molar-refractivity contribution in [2.45, 2.75) is 52.0 Å². The SMILES string of the molecule is CCNC(=O)c1ccc(N)c(NC2CCCC(C)CC2)c1. The van der Waals surface area contributed by atoms with E-state index >= 15 is 0 Å². The minimum absolute atomic E-state index is 0.0463. The molecule has 0 radical (unpaired) electrons. The molecule has 4 nitrogen and oxygen atoms in total. The summed E-state index contributed by atoms with van der Waals surface area (Å²) in [6, 6.07) is 5.92. The smallest absolute Gasteiger partial charge is 0.251 e. The Hall–Kier alpha value is -1.71. The lowest BCUT2D eigenvalue weighted by Crippen LogP contribution is -2.23. The normalized spacial score (nSPS) is 22.4. The summed E-state index contributed by atoms with van der Waals surface area (Å²) in [5.41, 5.74) is 8.31. The van der Waals surface area contributed by atoms with Crippen molar-refractivity contribution in [3.05, 3.63) is 23.8 Å². The lowest BCUT2D eigenvalue weighted by Gasteiger charge is -2.20. The van der Waals surface area contributed by atoms with Gasteiger partial charge in [0.25, 0.3) is 5.91 Å². The molecule has 1 amide bonds. The van der Waals surface area contributed by atoms with Gasteiger partial charge in [0, 0.05) is 18.2 Å². The maximum atomic E-state index is 11.9. The molecule has 0 heterocycles. The number of nitrogen functional groups attached to an aromatic ring is 1. The summed E-state index contributed by atoms with van der Waals surface area (Å²) >= 11 is 0. The van der Waals surface area contributed by atoms with Crippen LogP contribution >= 0.6 is 0 Å². The molecule has 1 aromatic rings. The molecular weight excluding hydrogens is 262 g/mol. The summed E-state index contributed by atoms with van der Waals surface area (Å²) < 4.78 is 0. The minimum Gasteiger partial charge on any atom is -0.397 e. The van der Waals surface area contributed by atoms with Crippen LogP contribution in [-0.2, 0) is 0 Å². The third kappa shape index (κ3) is 4.38. The molecule has 1 aromatic carbocycles. The van der Waals surface area contributed by atoms with Crippen molar-refractivity contribution in [2.75, 3.05) is 17.6 Å². The van der Waals surface area contributed by atoms with E-state index in [4.69, 9.17) is 5.73 Å². The number of amides is 1. The van der Waals surface area contributed by atoms with Crippen molar-refractivity contribution in [2.24, 2.45) is 5.92 Å². The summed E-state index contributed by atoms with van der Waals surface area (Å²) in [5, 5.41) is 6.36. The number of hydrogen-bond acceptors (Lipinski definition) is 3. The van der Waals surface area contributed by atoms with Gasteiger partial charge in [-0.1, -0.05) is 19.8 Å². The maximum absolute atomic E-state index is 11.9. The fourth-order valence-electron chi connectivity index (χ4n) is 2.94. The van der Waals surface area contributed by atoms with E-state index in [2.05, 4.69) is 17.6 Å². The van der Waals surface area contributed by atoms with Crippen LogP contribution in [0.4, 0.5) is 11.4 Å². The third-order valence-corrected chi connectivity index (χ3v) is 4.27. The van der Waals surface area contributed by atoms with Gasteiger partial charge in [0.15, 0.2) is 0 Å². The van der Waals surface area contributed by atoms with Gasteiger partial charge in [-0.25, -0.2) is 0 Å². The fraction of sp³-hybridized carbons (Fsp3) is 0.588. The van der Waals surface area contributed by atoms with E-state index in [1.54, 1.807) is 6.07 Å². The van der Waals surface area contributed by atoms with E-state index in [1.165, 1.54) is 32.1 Å². The van der Waals surface area contributed by atoms with Crippen molar-refractivity contribution in [1.82, 2.24) is 5.32 Å². The van der Waals surface area contributed by atoms with Crippen molar-refractivity contribution < 1.29 is 4.79 Å². The number of hydrogen-bond donors (Lipinski definition) is 3. The predicted octanol–water partition coefficient (Wildman–Crippen LogP) is 3.40. The Bertz CT molecular complexity index is 487. The monoisotopic (exact) mass is 289 g/mol. The molecule has 2 unspecified atom stereocenters. The molecule has 1 aliphatic rings. The van der Waals surface area contributed by atoms with Crippen LogP contribution in [0.15, 0.2) is 18.2 Å². The van der Waals surface area contributed by atoms with Crippen LogP contribution < -0.4 is 16.4 Å². The molecule has 4 heteroatoms. The highest BCUT2D eigenvalue weighted by atomic mass is 16.1. The quantitative estimate of drug-likeness (QED) is 0.588. The molecule has 21 heavy (non-hydrogen) atoms. The summed E-state index contributed by atoms with van der Waals surface area (Å²) in [6.07, 6.45) is 6.18. The first-order valence-electron chi connectivity index (χ1n) is 8.04. The summed E-state index contributed by atoms with van der Waals surface area (Å²) in [5.74, 6) is 0.769. The topological polar surface area (TPSA) is 67.2 Å². The molecule has 0 saturated heterocycles. The average Bonchev–Trinajstić information content (AvgIpc) is 2.66. The molecule has 0 aliphatic heterocycles. The first-order valence-corrected chi connectivity index (χ1v) is 8.04. The Morgan fingerprint density at radius 2 is 2.10 bits per heavy atom. The number of nitrogens with two attached hydrogens (primary N) is 1. The van der Waals surface area contributed by atoms with Gasteiger partial charge in [0.1, 0.15) is 0 Å². The summed E-state index contributed by atoms with van der Waals surface area (Å²) in [6.45, 7) is 4.87. The zero-order valence-electron chi connectivity index (χ0n) is 13.1. The molecule has 116 valence electrons. The van der Waals surface area contributed by atoms with E-state index in [9.17, 15) is 4.79 Å². The number of anilines is 2. The first-order chi connectivity index (χ1) is 10.1. The second-order valence-corrected chi connectivity index (χ2v) is 6.12. The van der Waals surface area contributed by atoms with Crippen LogP contribution in [0.1, 0.15) is 56.3 Å². The Balaban J connectivity index is 2.08. The van der Waals surface area contributed by atoms with E-state index < -0.39 is 0 Å². The number of nitrogens with one attached hydrogen (secondary N) is 2. The highest BCUT2D eigenvalue weighted by molar-refractivity contribution is 5.96. The van der Waals surface area contributed by atoms with Gasteiger partial charge in [-0.15, -0.1) is 0 Å². The van der Waals surface area contributed by atoms with Crippen molar-refractivity contribution in [3.63, 3.8) is 0 Å². The molecule has 0 aromatic heterocycles. The lowest BCUT2D eigenvalue weighted by atomic mass is 10.0. The van der Waals surface area contributed by atoms with Crippen LogP contribution in [0, 0.1) is 5.92 Å². The van der Waals surface area contributed by atoms with Crippen LogP contribution in [0.3, 0.4) is 0 Å². The number of carbonyl (C=O) groups excluding carboxylic acids is 1. The molecule has 0 bridgehead atoms. The summed E-state index contributed by atoms with van der Waals surface area (Å²) in [7, 11) is 0. The predicted molar refractivity (Wildman–Crippen MR) is 88.5 cm³/mol. The third-order valence-electron chi connectivity index (χ3n) is 4.27. The molecule has 2 atom stereocenters. The Kier molecular flexibility index (Phi) is 5.48. The Morgan fingerprint density at radius 1 is 1.29 bits per heavy atom. The van der Waals surface area contributed by atoms with Gasteiger partial charge in [-0.2, -0.15) is 0 Å². The second kappa shape index (κ2) is 7.34. The van der Waals surface area contributed by atoms with Crippen LogP contribution in [0.2, 0.25) is 0 Å². The van der Waals surface area contributed by atoms with Gasteiger partial charge in [-0.3, -0.25) is 4.79 Å². The molecule has 0 spiro atoms. The molecule has 1 fully saturated rings. The average molecular weight is 289 g/mol. The van der Waals surface area contributed by atoms with Gasteiger partial charge in [0.2, 0.25) is 0 Å². The first kappa shape index (κ1) is 15.7. The lowest BCUT2D eigenvalue weighted by molar-refractivity contribution is 0.0956. The van der Waals surface area contributed by atoms with Crippen LogP contribution in [0.25, 0.3) is 0 Å². The van der Waals surface area contributed by atoms with Crippen LogP contribution in [-0.4, -0.2) is 18.5 Å². The molecule has 4 N–H and O–H groups in total. The maximum Gasteiger partial charge on any atom is 0.251 e. The highest BCUT2D eigenvalue weighted by Gasteiger charge is 2.17. The number of carbonyl (C=O) groups is 1. The molecular formula is C17H27N3O. The Morgan fingerprint density at radius 3 is 2.86 bits per heavy atom. The zero-order valence-corrected chi connectivity index (χ0v) is 13.1. The Labute approximate surface area is 127 Å². The number of benzene rings is 1. The standard InChI is InChI=1S/C17H27N3O/c1-3-19-17(21)13-8-10-15(18)16(11-13)20-14-6-4-5-12(2)7-9-14/h8,10-12,14,20H,3-7,9,18H2,1-2H3,(H,19,21). The zero-order chi connectivity index (χ0) is 15.2. The molecule has 1 aliphatic carbocycles. The van der Waals surface area contributed by atoms with Gasteiger partial charge < -0.3 is 16.4 Å². The van der Waals surface area contributed by atoms with Crippen molar-refractivity contribution in [3.8, 4) is 0 Å². The number of rotatable bonds is 4. The summed E-state index contributed by atoms with van der Waals surface area (Å²) in [4.78, 5) is 11.9. The van der Waals surface area contributed by atoms with E-state index in [-0.39, 0.29) is 5.91 Å². The molecule has 1 saturated carbocycles. The van der Waals surface area contributed by atoms with Gasteiger partial charge >= 0.3 is 0 Å². The minimum atomic E-state index is -0.0463. The van der Waals surface area contributed by atoms with Crippen molar-refractivity contribution >= 4 is 17.3 Å². The largest absolute Gasteiger partial charge is 0.397 e.